The van der Waals surface area contributed by atoms with E-state index in [0.29, 0.717) is 0 Å². The summed E-state index contributed by atoms with van der Waals surface area (Å²) >= 11 is 0. The maximum atomic E-state index is 11.4. The summed E-state index contributed by atoms with van der Waals surface area (Å²) in [5, 5.41) is 3.26. The molecule has 0 heterocycles. The van der Waals surface area contributed by atoms with Crippen molar-refractivity contribution in [3.8, 4) is 0 Å². The molecule has 1 atom stereocenters. The van der Waals surface area contributed by atoms with E-state index in [1.54, 1.807) is 0 Å². The third-order valence-electron chi connectivity index (χ3n) is 2.91. The van der Waals surface area contributed by atoms with E-state index >= 15 is 0 Å². The van der Waals surface area contributed by atoms with Crippen molar-refractivity contribution in [1.29, 1.82) is 0 Å². The monoisotopic (exact) mass is 235 g/mol. The molecule has 3 heteroatoms. The van der Waals surface area contributed by atoms with Crippen molar-refractivity contribution in [2.75, 3.05) is 12.4 Å². The minimum atomic E-state index is -0.321. The van der Waals surface area contributed by atoms with Gasteiger partial charge >= 0.3 is 5.97 Å². The summed E-state index contributed by atoms with van der Waals surface area (Å²) in [7, 11) is 1.41. The molecule has 0 radical (unpaired) electrons. The van der Waals surface area contributed by atoms with Crippen LogP contribution in [0.2, 0.25) is 0 Å². The second kappa shape index (κ2) is 6.28. The van der Waals surface area contributed by atoms with Gasteiger partial charge in [-0.3, -0.25) is 0 Å². The number of methoxy groups -OCH3 is 1. The maximum Gasteiger partial charge on any atom is 0.327 e. The molecule has 1 aromatic carbocycles. The number of hydrogen-bond acceptors (Lipinski definition) is 3. The standard InChI is InChI=1S/C14H21NO2/c1-5-11-8-7-9-12(6-2)13(11)15-10(3)14(16)17-4/h7-10,15H,5-6H2,1-4H3. The number of carbonyl (C=O) groups is 1. The van der Waals surface area contributed by atoms with E-state index in [2.05, 4.69) is 37.4 Å². The Morgan fingerprint density at radius 1 is 1.29 bits per heavy atom. The Morgan fingerprint density at radius 2 is 1.82 bits per heavy atom. The van der Waals surface area contributed by atoms with Gasteiger partial charge in [-0.15, -0.1) is 0 Å². The van der Waals surface area contributed by atoms with E-state index in [4.69, 9.17) is 4.74 Å². The quantitative estimate of drug-likeness (QED) is 0.797. The topological polar surface area (TPSA) is 38.3 Å². The molecule has 1 unspecified atom stereocenters. The van der Waals surface area contributed by atoms with Crippen molar-refractivity contribution in [2.45, 2.75) is 39.7 Å². The number of nitrogens with one attached hydrogen (secondary N) is 1. The molecule has 0 bridgehead atoms. The van der Waals surface area contributed by atoms with Gasteiger partial charge in [-0.1, -0.05) is 32.0 Å². The second-order valence-corrected chi connectivity index (χ2v) is 4.05. The summed E-state index contributed by atoms with van der Waals surface area (Å²) in [5.41, 5.74) is 3.55. The molecular weight excluding hydrogens is 214 g/mol. The van der Waals surface area contributed by atoms with Gasteiger partial charge in [0, 0.05) is 5.69 Å². The lowest BCUT2D eigenvalue weighted by Crippen LogP contribution is -2.28. The van der Waals surface area contributed by atoms with Gasteiger partial charge in [-0.05, 0) is 30.9 Å². The average Bonchev–Trinajstić information content (AvgIpc) is 2.37. The molecule has 3 nitrogen and oxygen atoms in total. The van der Waals surface area contributed by atoms with Crippen molar-refractivity contribution in [3.05, 3.63) is 29.3 Å². The van der Waals surface area contributed by atoms with Crippen LogP contribution in [-0.4, -0.2) is 19.1 Å². The highest BCUT2D eigenvalue weighted by Gasteiger charge is 2.15. The Kier molecular flexibility index (Phi) is 5.01. The van der Waals surface area contributed by atoms with Crippen LogP contribution in [0.15, 0.2) is 18.2 Å². The number of carbonyl (C=O) groups excluding carboxylic acids is 1. The van der Waals surface area contributed by atoms with Gasteiger partial charge in [0.1, 0.15) is 6.04 Å². The third kappa shape index (κ3) is 3.22. The zero-order valence-electron chi connectivity index (χ0n) is 11.0. The minimum absolute atomic E-state index is 0.238. The molecule has 0 fully saturated rings. The van der Waals surface area contributed by atoms with Crippen LogP contribution in [0.3, 0.4) is 0 Å². The third-order valence-corrected chi connectivity index (χ3v) is 2.91. The van der Waals surface area contributed by atoms with Gasteiger partial charge in [0.2, 0.25) is 0 Å². The number of anilines is 1. The van der Waals surface area contributed by atoms with Crippen molar-refractivity contribution in [2.24, 2.45) is 0 Å². The highest BCUT2D eigenvalue weighted by atomic mass is 16.5. The molecule has 94 valence electrons. The summed E-state index contributed by atoms with van der Waals surface area (Å²) in [6, 6.07) is 5.92. The fraction of sp³-hybridized carbons (Fsp3) is 0.500. The molecule has 0 saturated heterocycles. The fourth-order valence-electron chi connectivity index (χ4n) is 1.88. The predicted molar refractivity (Wildman–Crippen MR) is 70.3 cm³/mol. The fourth-order valence-corrected chi connectivity index (χ4v) is 1.88. The van der Waals surface area contributed by atoms with Crippen LogP contribution in [0, 0.1) is 0 Å². The molecule has 17 heavy (non-hydrogen) atoms. The molecule has 0 spiro atoms. The van der Waals surface area contributed by atoms with Crippen molar-refractivity contribution < 1.29 is 9.53 Å². The molecule has 0 amide bonds. The lowest BCUT2D eigenvalue weighted by atomic mass is 10.0. The highest BCUT2D eigenvalue weighted by molar-refractivity contribution is 5.79. The van der Waals surface area contributed by atoms with Crippen LogP contribution in [-0.2, 0) is 22.4 Å². The van der Waals surface area contributed by atoms with Crippen LogP contribution < -0.4 is 5.32 Å². The van der Waals surface area contributed by atoms with Crippen LogP contribution in [0.1, 0.15) is 31.9 Å². The van der Waals surface area contributed by atoms with E-state index in [-0.39, 0.29) is 12.0 Å². The van der Waals surface area contributed by atoms with E-state index in [1.165, 1.54) is 18.2 Å². The van der Waals surface area contributed by atoms with Crippen molar-refractivity contribution >= 4 is 11.7 Å². The second-order valence-electron chi connectivity index (χ2n) is 4.05. The van der Waals surface area contributed by atoms with E-state index in [0.717, 1.165) is 18.5 Å². The normalized spacial score (nSPS) is 12.0. The number of hydrogen-bond donors (Lipinski definition) is 1. The number of esters is 1. The largest absolute Gasteiger partial charge is 0.467 e. The van der Waals surface area contributed by atoms with Crippen LogP contribution >= 0.6 is 0 Å². The molecule has 0 aromatic heterocycles. The summed E-state index contributed by atoms with van der Waals surface area (Å²) in [4.78, 5) is 11.4. The maximum absolute atomic E-state index is 11.4. The summed E-state index contributed by atoms with van der Waals surface area (Å²) in [6.45, 7) is 6.04. The first-order chi connectivity index (χ1) is 8.13. The first-order valence-electron chi connectivity index (χ1n) is 6.09. The Balaban J connectivity index is 2.99. The Labute approximate surface area is 103 Å². The lowest BCUT2D eigenvalue weighted by molar-refractivity contribution is -0.141. The molecule has 0 aliphatic rings. The van der Waals surface area contributed by atoms with E-state index in [1.807, 2.05) is 6.92 Å². The van der Waals surface area contributed by atoms with Crippen molar-refractivity contribution in [3.63, 3.8) is 0 Å². The summed E-state index contributed by atoms with van der Waals surface area (Å²) in [6.07, 6.45) is 1.90. The van der Waals surface area contributed by atoms with Gasteiger partial charge in [0.05, 0.1) is 7.11 Å². The molecule has 1 aromatic rings. The number of rotatable bonds is 5. The number of benzene rings is 1. The van der Waals surface area contributed by atoms with Crippen LogP contribution in [0.4, 0.5) is 5.69 Å². The first-order valence-corrected chi connectivity index (χ1v) is 6.09. The number of ether oxygens (including phenoxy) is 1. The molecule has 0 saturated carbocycles. The van der Waals surface area contributed by atoms with Gasteiger partial charge in [0.15, 0.2) is 0 Å². The molecule has 1 rings (SSSR count). The van der Waals surface area contributed by atoms with Crippen molar-refractivity contribution in [1.82, 2.24) is 0 Å². The van der Waals surface area contributed by atoms with Gasteiger partial charge < -0.3 is 10.1 Å². The van der Waals surface area contributed by atoms with Crippen LogP contribution in [0.5, 0.6) is 0 Å². The van der Waals surface area contributed by atoms with E-state index in [9.17, 15) is 4.79 Å². The molecule has 0 aliphatic carbocycles. The zero-order valence-corrected chi connectivity index (χ0v) is 11.0. The Hall–Kier alpha value is -1.51. The summed E-state index contributed by atoms with van der Waals surface area (Å²) < 4.78 is 4.73. The van der Waals surface area contributed by atoms with Gasteiger partial charge in [-0.2, -0.15) is 0 Å². The minimum Gasteiger partial charge on any atom is -0.467 e. The zero-order chi connectivity index (χ0) is 12.8. The van der Waals surface area contributed by atoms with Gasteiger partial charge in [0.25, 0.3) is 0 Å². The van der Waals surface area contributed by atoms with E-state index < -0.39 is 0 Å². The predicted octanol–water partition coefficient (Wildman–Crippen LogP) is 2.78. The Bertz CT molecular complexity index is 366. The molecule has 0 aliphatic heterocycles. The number of aryl methyl sites for hydroxylation is 2. The lowest BCUT2D eigenvalue weighted by Gasteiger charge is -2.19. The summed E-state index contributed by atoms with van der Waals surface area (Å²) in [5.74, 6) is -0.238. The molecule has 1 N–H and O–H groups in total. The Morgan fingerprint density at radius 3 is 2.24 bits per heavy atom. The molecular formula is C14H21NO2. The van der Waals surface area contributed by atoms with Gasteiger partial charge in [-0.25, -0.2) is 4.79 Å². The van der Waals surface area contributed by atoms with Crippen LogP contribution in [0.25, 0.3) is 0 Å². The smallest absolute Gasteiger partial charge is 0.327 e. The number of para-hydroxylation sites is 1. The SMILES string of the molecule is CCc1cccc(CC)c1NC(C)C(=O)OC. The average molecular weight is 235 g/mol. The first kappa shape index (κ1) is 13.6. The highest BCUT2D eigenvalue weighted by Crippen LogP contribution is 2.23.